The van der Waals surface area contributed by atoms with E-state index in [1.165, 1.54) is 38.2 Å². The van der Waals surface area contributed by atoms with Gasteiger partial charge in [-0.1, -0.05) is 49.6 Å². The zero-order chi connectivity index (χ0) is 29.8. The lowest BCUT2D eigenvalue weighted by Crippen LogP contribution is -2.40. The Labute approximate surface area is 253 Å². The van der Waals surface area contributed by atoms with Gasteiger partial charge in [-0.2, -0.15) is 0 Å². The van der Waals surface area contributed by atoms with E-state index in [0.717, 1.165) is 72.3 Å². The summed E-state index contributed by atoms with van der Waals surface area (Å²) in [6, 6.07) is 15.2. The van der Waals surface area contributed by atoms with Gasteiger partial charge in [0.05, 0.1) is 12.5 Å². The van der Waals surface area contributed by atoms with Gasteiger partial charge in [-0.3, -0.25) is 9.69 Å². The minimum Gasteiger partial charge on any atom is -0.485 e. The number of nitrogens with zero attached hydrogens (tertiary/aromatic N) is 2. The zero-order valence-corrected chi connectivity index (χ0v) is 25.2. The molecule has 2 atom stereocenters. The summed E-state index contributed by atoms with van der Waals surface area (Å²) in [5, 5.41) is 10.2. The molecular weight excluding hydrogens is 543 g/mol. The molecule has 2 aliphatic carbocycles. The van der Waals surface area contributed by atoms with Crippen LogP contribution in [-0.2, 0) is 23.2 Å². The second kappa shape index (κ2) is 10.9. The predicted molar refractivity (Wildman–Crippen MR) is 163 cm³/mol. The van der Waals surface area contributed by atoms with E-state index in [1.807, 2.05) is 37.3 Å². The molecule has 0 bridgehead atoms. The zero-order valence-electron chi connectivity index (χ0n) is 25.2. The van der Waals surface area contributed by atoms with Crippen molar-refractivity contribution in [1.82, 2.24) is 9.88 Å². The summed E-state index contributed by atoms with van der Waals surface area (Å²) < 4.78 is 27.2. The third-order valence-electron chi connectivity index (χ3n) is 10.5. The van der Waals surface area contributed by atoms with Crippen molar-refractivity contribution < 1.29 is 23.8 Å². The van der Waals surface area contributed by atoms with Crippen molar-refractivity contribution in [2.45, 2.75) is 94.7 Å². The summed E-state index contributed by atoms with van der Waals surface area (Å²) in [6.07, 6.45) is 10.5. The van der Waals surface area contributed by atoms with Gasteiger partial charge in [0.2, 0.25) is 5.88 Å². The Morgan fingerprint density at radius 1 is 1.12 bits per heavy atom. The lowest BCUT2D eigenvalue weighted by molar-refractivity contribution is -0.143. The summed E-state index contributed by atoms with van der Waals surface area (Å²) in [6.45, 7) is 3.64. The topological polar surface area (TPSA) is 71.9 Å². The molecular formula is C36H41FN2O4. The SMILES string of the molecule is COc1ccc(F)c(-c2ccc([C@@H]3CCc4ccc(C(C)(CC5CC5)C(=O)O)cc4O3)cc2CN2CCCCC23CC3)n1. The highest BCUT2D eigenvalue weighted by atomic mass is 19.1. The predicted octanol–water partition coefficient (Wildman–Crippen LogP) is 7.62. The summed E-state index contributed by atoms with van der Waals surface area (Å²) in [5.74, 6) is 0.507. The monoisotopic (exact) mass is 584 g/mol. The number of carboxylic acids is 1. The summed E-state index contributed by atoms with van der Waals surface area (Å²) >= 11 is 0. The molecule has 7 rings (SSSR count). The average Bonchev–Trinajstić information content (AvgIpc) is 3.96. The van der Waals surface area contributed by atoms with E-state index in [-0.39, 0.29) is 11.9 Å². The second-order valence-electron chi connectivity index (χ2n) is 13.5. The number of aliphatic carboxylic acids is 1. The average molecular weight is 585 g/mol. The highest BCUT2D eigenvalue weighted by Crippen LogP contribution is 2.50. The molecule has 2 saturated carbocycles. The molecule has 2 aromatic carbocycles. The van der Waals surface area contributed by atoms with E-state index in [1.54, 1.807) is 13.2 Å². The molecule has 1 spiro atoms. The van der Waals surface area contributed by atoms with Crippen molar-refractivity contribution in [2.75, 3.05) is 13.7 Å². The van der Waals surface area contributed by atoms with E-state index in [0.29, 0.717) is 29.5 Å². The molecule has 0 amide bonds. The molecule has 1 saturated heterocycles. The molecule has 2 aliphatic heterocycles. The number of carboxylic acid groups (broad SMARTS) is 1. The van der Waals surface area contributed by atoms with Crippen LogP contribution in [0.25, 0.3) is 11.3 Å². The third kappa shape index (κ3) is 5.41. The number of ether oxygens (including phenoxy) is 2. The largest absolute Gasteiger partial charge is 0.485 e. The number of pyridine rings is 1. The van der Waals surface area contributed by atoms with Gasteiger partial charge in [-0.05, 0) is 98.7 Å². The lowest BCUT2D eigenvalue weighted by atomic mass is 9.77. The molecule has 3 aromatic rings. The third-order valence-corrected chi connectivity index (χ3v) is 10.5. The maximum Gasteiger partial charge on any atom is 0.313 e. The van der Waals surface area contributed by atoms with Crippen LogP contribution in [0, 0.1) is 11.7 Å². The quantitative estimate of drug-likeness (QED) is 0.279. The Morgan fingerprint density at radius 3 is 2.70 bits per heavy atom. The van der Waals surface area contributed by atoms with Gasteiger partial charge in [0.15, 0.2) is 0 Å². The number of fused-ring (bicyclic) bond motifs is 1. The fourth-order valence-corrected chi connectivity index (χ4v) is 7.39. The molecule has 3 fully saturated rings. The van der Waals surface area contributed by atoms with Gasteiger partial charge in [0, 0.05) is 23.7 Å². The molecule has 226 valence electrons. The first kappa shape index (κ1) is 28.3. The lowest BCUT2D eigenvalue weighted by Gasteiger charge is -2.37. The van der Waals surface area contributed by atoms with E-state index in [4.69, 9.17) is 9.47 Å². The second-order valence-corrected chi connectivity index (χ2v) is 13.5. The molecule has 1 N–H and O–H groups in total. The molecule has 3 heterocycles. The molecule has 6 nitrogen and oxygen atoms in total. The maximum absolute atomic E-state index is 15.2. The van der Waals surface area contributed by atoms with Gasteiger partial charge < -0.3 is 14.6 Å². The number of aromatic nitrogens is 1. The Morgan fingerprint density at radius 2 is 1.95 bits per heavy atom. The number of hydrogen-bond acceptors (Lipinski definition) is 5. The van der Waals surface area contributed by atoms with Gasteiger partial charge >= 0.3 is 5.97 Å². The van der Waals surface area contributed by atoms with Crippen LogP contribution >= 0.6 is 0 Å². The first-order valence-electron chi connectivity index (χ1n) is 15.9. The standard InChI is InChI=1S/C36H41FN2O4/c1-35(34(40)41,21-23-5-6-23)27-10-7-24-9-13-30(43-31(24)20-27)25-8-11-28(33-29(37)12-14-32(38-33)42-2)26(19-25)22-39-18-4-3-15-36(39)16-17-36/h7-8,10-12,14,19-20,23,30H,3-6,9,13,15-18,21-22H2,1-2H3,(H,40,41)/t30-,35?/m0/s1. The highest BCUT2D eigenvalue weighted by Gasteiger charge is 2.48. The molecule has 1 aromatic heterocycles. The van der Waals surface area contributed by atoms with Crippen molar-refractivity contribution in [2.24, 2.45) is 5.92 Å². The van der Waals surface area contributed by atoms with Crippen LogP contribution in [0.5, 0.6) is 11.6 Å². The normalized spacial score (nSPS) is 22.3. The number of carbonyl (C=O) groups is 1. The van der Waals surface area contributed by atoms with Crippen molar-refractivity contribution in [3.8, 4) is 22.9 Å². The number of halogens is 1. The van der Waals surface area contributed by atoms with Crippen LogP contribution in [0.2, 0.25) is 0 Å². The molecule has 7 heteroatoms. The Balaban J connectivity index is 1.22. The van der Waals surface area contributed by atoms with Crippen molar-refractivity contribution in [3.05, 3.63) is 76.6 Å². The number of benzene rings is 2. The summed E-state index contributed by atoms with van der Waals surface area (Å²) in [5.41, 5.74) is 4.49. The highest BCUT2D eigenvalue weighted by molar-refractivity contribution is 5.81. The van der Waals surface area contributed by atoms with Gasteiger partial charge in [0.25, 0.3) is 0 Å². The minimum atomic E-state index is -0.928. The van der Waals surface area contributed by atoms with E-state index >= 15 is 4.39 Å². The van der Waals surface area contributed by atoms with Crippen LogP contribution in [0.15, 0.2) is 48.5 Å². The van der Waals surface area contributed by atoms with Crippen LogP contribution in [-0.4, -0.2) is 40.2 Å². The van der Waals surface area contributed by atoms with Crippen molar-refractivity contribution >= 4 is 5.97 Å². The number of methoxy groups -OCH3 is 1. The minimum absolute atomic E-state index is 0.172. The molecule has 4 aliphatic rings. The van der Waals surface area contributed by atoms with Crippen LogP contribution in [0.1, 0.15) is 93.1 Å². The van der Waals surface area contributed by atoms with Crippen LogP contribution in [0.3, 0.4) is 0 Å². The maximum atomic E-state index is 15.2. The number of piperidine rings is 1. The van der Waals surface area contributed by atoms with E-state index in [2.05, 4.69) is 16.0 Å². The van der Waals surface area contributed by atoms with Gasteiger partial charge in [-0.15, -0.1) is 0 Å². The van der Waals surface area contributed by atoms with Crippen LogP contribution < -0.4 is 9.47 Å². The first-order valence-corrected chi connectivity index (χ1v) is 15.9. The molecule has 43 heavy (non-hydrogen) atoms. The molecule has 0 radical (unpaired) electrons. The summed E-state index contributed by atoms with van der Waals surface area (Å²) in [4.78, 5) is 19.5. The number of hydrogen-bond donors (Lipinski definition) is 1. The van der Waals surface area contributed by atoms with Crippen molar-refractivity contribution in [3.63, 3.8) is 0 Å². The Bertz CT molecular complexity index is 1550. The molecule has 1 unspecified atom stereocenters. The smallest absolute Gasteiger partial charge is 0.313 e. The fourth-order valence-electron chi connectivity index (χ4n) is 7.39. The summed E-state index contributed by atoms with van der Waals surface area (Å²) in [7, 11) is 1.55. The van der Waals surface area contributed by atoms with Crippen LogP contribution in [0.4, 0.5) is 4.39 Å². The van der Waals surface area contributed by atoms with Gasteiger partial charge in [0.1, 0.15) is 23.4 Å². The van der Waals surface area contributed by atoms with E-state index < -0.39 is 11.4 Å². The number of rotatable bonds is 9. The Hall–Kier alpha value is -3.45. The van der Waals surface area contributed by atoms with E-state index in [9.17, 15) is 9.90 Å². The number of aryl methyl sites for hydroxylation is 1. The fraction of sp³-hybridized carbons (Fsp3) is 0.500. The first-order chi connectivity index (χ1) is 20.8. The van der Waals surface area contributed by atoms with Gasteiger partial charge in [-0.25, -0.2) is 9.37 Å². The Kier molecular flexibility index (Phi) is 7.19. The van der Waals surface area contributed by atoms with Crippen molar-refractivity contribution in [1.29, 1.82) is 0 Å². The number of likely N-dealkylation sites (tertiary alicyclic amines) is 1.